The van der Waals surface area contributed by atoms with Crippen LogP contribution in [0.1, 0.15) is 49.5 Å². The highest BCUT2D eigenvalue weighted by Crippen LogP contribution is 2.33. The molecule has 3 rings (SSSR count). The smallest absolute Gasteiger partial charge is 0.337 e. The minimum Gasteiger partial charge on any atom is -0.465 e. The Labute approximate surface area is 200 Å². The van der Waals surface area contributed by atoms with E-state index in [1.54, 1.807) is 30.0 Å². The number of nitrogens with zero attached hydrogens (tertiary/aromatic N) is 1. The molecular formula is C26H32N4O4. The fourth-order valence-corrected chi connectivity index (χ4v) is 3.70. The van der Waals surface area contributed by atoms with Crippen LogP contribution in [0.5, 0.6) is 0 Å². The second-order valence-corrected chi connectivity index (χ2v) is 9.00. The Morgan fingerprint density at radius 3 is 2.50 bits per heavy atom. The molecule has 1 heterocycles. The summed E-state index contributed by atoms with van der Waals surface area (Å²) in [4.78, 5) is 37.9. The lowest BCUT2D eigenvalue weighted by atomic mass is 10.0. The van der Waals surface area contributed by atoms with E-state index in [0.29, 0.717) is 42.8 Å². The number of hydrogen-bond acceptors (Lipinski definition) is 6. The van der Waals surface area contributed by atoms with Crippen molar-refractivity contribution < 1.29 is 19.1 Å². The molecule has 34 heavy (non-hydrogen) atoms. The van der Waals surface area contributed by atoms with Crippen LogP contribution in [0.25, 0.3) is 5.57 Å². The third-order valence-corrected chi connectivity index (χ3v) is 5.58. The molecule has 8 heteroatoms. The highest BCUT2D eigenvalue weighted by Gasteiger charge is 2.25. The van der Waals surface area contributed by atoms with E-state index in [2.05, 4.69) is 10.6 Å². The van der Waals surface area contributed by atoms with Gasteiger partial charge in [-0.25, -0.2) is 4.79 Å². The number of fused-ring (bicyclic) bond motifs is 1. The highest BCUT2D eigenvalue weighted by molar-refractivity contribution is 6.31. The van der Waals surface area contributed by atoms with Crippen LogP contribution in [-0.4, -0.2) is 43.5 Å². The number of rotatable bonds is 9. The molecule has 4 N–H and O–H groups in total. The van der Waals surface area contributed by atoms with Crippen molar-refractivity contribution in [1.82, 2.24) is 0 Å². The van der Waals surface area contributed by atoms with Crippen molar-refractivity contribution in [2.24, 2.45) is 5.73 Å². The summed E-state index contributed by atoms with van der Waals surface area (Å²) >= 11 is 0. The summed E-state index contributed by atoms with van der Waals surface area (Å²) in [5.41, 5.74) is 9.82. The molecule has 0 aliphatic carbocycles. The van der Waals surface area contributed by atoms with Gasteiger partial charge in [0.05, 0.1) is 12.7 Å². The Bertz CT molecular complexity index is 1100. The molecule has 0 spiro atoms. The molecule has 0 unspecified atom stereocenters. The lowest BCUT2D eigenvalue weighted by Gasteiger charge is -2.26. The molecule has 0 saturated carbocycles. The largest absolute Gasteiger partial charge is 0.465 e. The molecule has 0 radical (unpaired) electrons. The van der Waals surface area contributed by atoms with Gasteiger partial charge < -0.3 is 26.0 Å². The van der Waals surface area contributed by atoms with Gasteiger partial charge in [0.25, 0.3) is 5.91 Å². The van der Waals surface area contributed by atoms with Gasteiger partial charge in [0, 0.05) is 53.8 Å². The van der Waals surface area contributed by atoms with E-state index in [1.807, 2.05) is 44.2 Å². The van der Waals surface area contributed by atoms with Crippen molar-refractivity contribution in [3.05, 3.63) is 59.7 Å². The average Bonchev–Trinajstić information content (AvgIpc) is 3.10. The number of methoxy groups -OCH3 is 1. The van der Waals surface area contributed by atoms with Crippen LogP contribution < -0.4 is 21.3 Å². The Kier molecular flexibility index (Phi) is 7.73. The SMILES string of the molecule is COC(=O)c1ccc2c(c1)NC(=O)C2=CCCNc1ccc(N(CCC(C)(C)N)C(C)=O)cc1. The van der Waals surface area contributed by atoms with Gasteiger partial charge in [0.2, 0.25) is 5.91 Å². The number of anilines is 3. The third kappa shape index (κ3) is 6.23. The minimum atomic E-state index is -0.445. The molecule has 0 saturated heterocycles. The summed E-state index contributed by atoms with van der Waals surface area (Å²) < 4.78 is 4.73. The molecule has 0 aromatic heterocycles. The van der Waals surface area contributed by atoms with Crippen molar-refractivity contribution in [2.75, 3.05) is 35.7 Å². The van der Waals surface area contributed by atoms with Gasteiger partial charge in [-0.2, -0.15) is 0 Å². The Morgan fingerprint density at radius 2 is 1.88 bits per heavy atom. The number of hydrogen-bond donors (Lipinski definition) is 3. The van der Waals surface area contributed by atoms with Gasteiger partial charge in [-0.05, 0) is 63.1 Å². The molecule has 0 bridgehead atoms. The quantitative estimate of drug-likeness (QED) is 0.296. The maximum absolute atomic E-state index is 12.4. The number of nitrogens with one attached hydrogen (secondary N) is 2. The van der Waals surface area contributed by atoms with E-state index < -0.39 is 5.97 Å². The first-order valence-corrected chi connectivity index (χ1v) is 11.2. The Balaban J connectivity index is 1.58. The zero-order valence-corrected chi connectivity index (χ0v) is 20.1. The van der Waals surface area contributed by atoms with Gasteiger partial charge in [-0.1, -0.05) is 12.1 Å². The maximum atomic E-state index is 12.4. The zero-order chi connectivity index (χ0) is 24.9. The first-order chi connectivity index (χ1) is 16.1. The normalized spacial score (nSPS) is 13.9. The average molecular weight is 465 g/mol. The molecule has 180 valence electrons. The fraction of sp³-hybridized carbons (Fsp3) is 0.346. The predicted octanol–water partition coefficient (Wildman–Crippen LogP) is 3.79. The minimum absolute atomic E-state index is 0.0228. The van der Waals surface area contributed by atoms with Gasteiger partial charge >= 0.3 is 5.97 Å². The van der Waals surface area contributed by atoms with E-state index in [1.165, 1.54) is 7.11 Å². The number of carbonyl (C=O) groups excluding carboxylic acids is 3. The van der Waals surface area contributed by atoms with E-state index >= 15 is 0 Å². The topological polar surface area (TPSA) is 114 Å². The van der Waals surface area contributed by atoms with Crippen LogP contribution in [0.15, 0.2) is 48.5 Å². The number of amides is 2. The number of esters is 1. The molecule has 8 nitrogen and oxygen atoms in total. The second kappa shape index (κ2) is 10.5. The molecule has 0 fully saturated rings. The maximum Gasteiger partial charge on any atom is 0.337 e. The molecule has 2 aromatic rings. The van der Waals surface area contributed by atoms with Crippen LogP contribution in [-0.2, 0) is 14.3 Å². The van der Waals surface area contributed by atoms with Gasteiger partial charge in [-0.3, -0.25) is 9.59 Å². The first-order valence-electron chi connectivity index (χ1n) is 11.2. The molecule has 1 aliphatic heterocycles. The van der Waals surface area contributed by atoms with Crippen molar-refractivity contribution in [2.45, 2.75) is 39.2 Å². The van der Waals surface area contributed by atoms with Crippen LogP contribution in [0.3, 0.4) is 0 Å². The summed E-state index contributed by atoms with van der Waals surface area (Å²) in [6, 6.07) is 12.7. The van der Waals surface area contributed by atoms with E-state index in [0.717, 1.165) is 16.9 Å². The van der Waals surface area contributed by atoms with Crippen molar-refractivity contribution in [3.63, 3.8) is 0 Å². The van der Waals surface area contributed by atoms with E-state index in [-0.39, 0.29) is 17.4 Å². The van der Waals surface area contributed by atoms with Crippen LogP contribution >= 0.6 is 0 Å². The summed E-state index contributed by atoms with van der Waals surface area (Å²) in [5, 5.41) is 6.13. The van der Waals surface area contributed by atoms with Crippen molar-refractivity contribution >= 4 is 40.4 Å². The lowest BCUT2D eigenvalue weighted by molar-refractivity contribution is -0.116. The van der Waals surface area contributed by atoms with Crippen molar-refractivity contribution in [3.8, 4) is 0 Å². The number of nitrogens with two attached hydrogens (primary N) is 1. The summed E-state index contributed by atoms with van der Waals surface area (Å²) in [6.45, 7) is 6.63. The number of ether oxygens (including phenoxy) is 1. The fourth-order valence-electron chi connectivity index (χ4n) is 3.70. The van der Waals surface area contributed by atoms with Crippen LogP contribution in [0, 0.1) is 0 Å². The van der Waals surface area contributed by atoms with Crippen molar-refractivity contribution in [1.29, 1.82) is 0 Å². The van der Waals surface area contributed by atoms with Crippen LogP contribution in [0.4, 0.5) is 17.1 Å². The summed E-state index contributed by atoms with van der Waals surface area (Å²) in [6.07, 6.45) is 3.21. The van der Waals surface area contributed by atoms with Gasteiger partial charge in [0.15, 0.2) is 0 Å². The van der Waals surface area contributed by atoms with Gasteiger partial charge in [-0.15, -0.1) is 0 Å². The zero-order valence-electron chi connectivity index (χ0n) is 20.1. The second-order valence-electron chi connectivity index (χ2n) is 9.00. The van der Waals surface area contributed by atoms with E-state index in [9.17, 15) is 14.4 Å². The monoisotopic (exact) mass is 464 g/mol. The number of benzene rings is 2. The summed E-state index contributed by atoms with van der Waals surface area (Å²) in [5.74, 6) is -0.656. The molecule has 1 aliphatic rings. The Hall–Kier alpha value is -3.65. The molecule has 2 aromatic carbocycles. The summed E-state index contributed by atoms with van der Waals surface area (Å²) in [7, 11) is 1.32. The lowest BCUT2D eigenvalue weighted by Crippen LogP contribution is -2.39. The van der Waals surface area contributed by atoms with Gasteiger partial charge in [0.1, 0.15) is 0 Å². The third-order valence-electron chi connectivity index (χ3n) is 5.58. The first kappa shape index (κ1) is 25.0. The molecule has 2 amide bonds. The Morgan fingerprint density at radius 1 is 1.18 bits per heavy atom. The predicted molar refractivity (Wildman–Crippen MR) is 135 cm³/mol. The standard InChI is InChI=1S/C26H32N4O4/c1-17(31)30(15-13-26(2,3)27)20-10-8-19(9-11-20)28-14-5-6-22-21-12-7-18(25(33)34-4)16-23(21)29-24(22)32/h6-12,16,28H,5,13-15,27H2,1-4H3,(H,29,32). The van der Waals surface area contributed by atoms with E-state index in [4.69, 9.17) is 10.5 Å². The highest BCUT2D eigenvalue weighted by atomic mass is 16.5. The number of carbonyl (C=O) groups is 3. The molecular weight excluding hydrogens is 432 g/mol. The molecule has 0 atom stereocenters. The van der Waals surface area contributed by atoms with Crippen LogP contribution in [0.2, 0.25) is 0 Å².